The van der Waals surface area contributed by atoms with Gasteiger partial charge in [0.1, 0.15) is 0 Å². The van der Waals surface area contributed by atoms with E-state index in [2.05, 4.69) is 30.2 Å². The molecule has 0 radical (unpaired) electrons. The fourth-order valence-electron chi connectivity index (χ4n) is 2.77. The molecular formula is C17H28N2O. The van der Waals surface area contributed by atoms with Gasteiger partial charge in [-0.05, 0) is 44.2 Å². The Hall–Kier alpha value is -1.09. The summed E-state index contributed by atoms with van der Waals surface area (Å²) in [6.07, 6.45) is 9.84. The second-order valence-corrected chi connectivity index (χ2v) is 5.92. The van der Waals surface area contributed by atoms with Crippen molar-refractivity contribution < 1.29 is 4.74 Å². The highest BCUT2D eigenvalue weighted by Gasteiger charge is 2.14. The monoisotopic (exact) mass is 276 g/mol. The van der Waals surface area contributed by atoms with E-state index < -0.39 is 0 Å². The Morgan fingerprint density at radius 1 is 1.30 bits per heavy atom. The molecule has 0 aromatic carbocycles. The molecule has 20 heavy (non-hydrogen) atoms. The summed E-state index contributed by atoms with van der Waals surface area (Å²) >= 11 is 0. The van der Waals surface area contributed by atoms with Crippen LogP contribution in [0.5, 0.6) is 5.88 Å². The fourth-order valence-corrected chi connectivity index (χ4v) is 2.77. The smallest absolute Gasteiger partial charge is 0.213 e. The number of rotatable bonds is 7. The van der Waals surface area contributed by atoms with Gasteiger partial charge in [0, 0.05) is 18.3 Å². The average Bonchev–Trinajstić information content (AvgIpc) is 2.52. The molecule has 0 aliphatic heterocycles. The third-order valence-electron chi connectivity index (χ3n) is 4.15. The molecule has 3 heteroatoms. The van der Waals surface area contributed by atoms with Gasteiger partial charge in [0.15, 0.2) is 0 Å². The van der Waals surface area contributed by atoms with E-state index in [0.717, 1.165) is 31.4 Å². The van der Waals surface area contributed by atoms with E-state index in [1.807, 2.05) is 12.3 Å². The Morgan fingerprint density at radius 3 is 2.75 bits per heavy atom. The molecule has 1 aromatic rings. The van der Waals surface area contributed by atoms with Crippen LogP contribution in [0.25, 0.3) is 0 Å². The first kappa shape index (κ1) is 15.3. The summed E-state index contributed by atoms with van der Waals surface area (Å²) in [5.41, 5.74) is 1.23. The zero-order valence-corrected chi connectivity index (χ0v) is 12.9. The van der Waals surface area contributed by atoms with Crippen LogP contribution in [0.3, 0.4) is 0 Å². The van der Waals surface area contributed by atoms with Gasteiger partial charge in [-0.3, -0.25) is 0 Å². The van der Waals surface area contributed by atoms with Crippen molar-refractivity contribution in [2.75, 3.05) is 13.2 Å². The topological polar surface area (TPSA) is 34.1 Å². The van der Waals surface area contributed by atoms with Crippen LogP contribution >= 0.6 is 0 Å². The quantitative estimate of drug-likeness (QED) is 0.814. The number of hydrogen-bond acceptors (Lipinski definition) is 3. The van der Waals surface area contributed by atoms with Crippen LogP contribution < -0.4 is 10.1 Å². The summed E-state index contributed by atoms with van der Waals surface area (Å²) in [7, 11) is 0. The summed E-state index contributed by atoms with van der Waals surface area (Å²) in [4.78, 5) is 4.43. The maximum atomic E-state index is 5.83. The molecule has 2 rings (SSSR count). The van der Waals surface area contributed by atoms with Gasteiger partial charge in [-0.15, -0.1) is 0 Å². The Labute approximate surface area is 123 Å². The number of nitrogens with one attached hydrogen (secondary N) is 1. The SMILES string of the molecule is CCCNC(C)c1ccc(OCC2CCCCC2)nc1. The second-order valence-electron chi connectivity index (χ2n) is 5.92. The van der Waals surface area contributed by atoms with E-state index in [1.165, 1.54) is 37.7 Å². The van der Waals surface area contributed by atoms with Gasteiger partial charge in [0.25, 0.3) is 0 Å². The van der Waals surface area contributed by atoms with Crippen LogP contribution in [0.15, 0.2) is 18.3 Å². The summed E-state index contributed by atoms with van der Waals surface area (Å²) in [6.45, 7) is 6.23. The van der Waals surface area contributed by atoms with Crippen molar-refractivity contribution in [3.63, 3.8) is 0 Å². The lowest BCUT2D eigenvalue weighted by molar-refractivity contribution is 0.203. The van der Waals surface area contributed by atoms with Crippen molar-refractivity contribution in [3.05, 3.63) is 23.9 Å². The predicted molar refractivity (Wildman–Crippen MR) is 83.0 cm³/mol. The molecule has 1 saturated carbocycles. The number of pyridine rings is 1. The van der Waals surface area contributed by atoms with E-state index in [1.54, 1.807) is 0 Å². The Morgan fingerprint density at radius 2 is 2.10 bits per heavy atom. The maximum absolute atomic E-state index is 5.83. The lowest BCUT2D eigenvalue weighted by Crippen LogP contribution is -2.19. The van der Waals surface area contributed by atoms with Crippen molar-refractivity contribution >= 4 is 0 Å². The zero-order valence-electron chi connectivity index (χ0n) is 12.9. The Bertz CT molecular complexity index is 371. The van der Waals surface area contributed by atoms with Crippen molar-refractivity contribution in [2.45, 2.75) is 58.4 Å². The molecule has 1 fully saturated rings. The summed E-state index contributed by atoms with van der Waals surface area (Å²) in [6, 6.07) is 4.48. The van der Waals surface area contributed by atoms with Crippen molar-refractivity contribution in [1.29, 1.82) is 0 Å². The number of nitrogens with zero attached hydrogens (tertiary/aromatic N) is 1. The molecule has 1 heterocycles. The molecule has 0 amide bonds. The number of hydrogen-bond donors (Lipinski definition) is 1. The minimum atomic E-state index is 0.356. The first-order valence-corrected chi connectivity index (χ1v) is 8.11. The number of aromatic nitrogens is 1. The van der Waals surface area contributed by atoms with Crippen molar-refractivity contribution in [1.82, 2.24) is 10.3 Å². The maximum Gasteiger partial charge on any atom is 0.213 e. The van der Waals surface area contributed by atoms with E-state index in [4.69, 9.17) is 4.74 Å². The van der Waals surface area contributed by atoms with E-state index in [-0.39, 0.29) is 0 Å². The third kappa shape index (κ3) is 4.78. The average molecular weight is 276 g/mol. The Balaban J connectivity index is 1.78. The van der Waals surface area contributed by atoms with Crippen LogP contribution in [0.4, 0.5) is 0 Å². The second kappa shape index (κ2) is 8.25. The highest BCUT2D eigenvalue weighted by Crippen LogP contribution is 2.24. The van der Waals surface area contributed by atoms with Gasteiger partial charge in [-0.2, -0.15) is 0 Å². The standard InChI is InChI=1S/C17H28N2O/c1-3-11-18-14(2)16-9-10-17(19-12-16)20-13-15-7-5-4-6-8-15/h9-10,12,14-15,18H,3-8,11,13H2,1-2H3. The van der Waals surface area contributed by atoms with E-state index in [9.17, 15) is 0 Å². The van der Waals surface area contributed by atoms with Gasteiger partial charge in [-0.1, -0.05) is 32.3 Å². The van der Waals surface area contributed by atoms with Gasteiger partial charge in [0.05, 0.1) is 6.61 Å². The fraction of sp³-hybridized carbons (Fsp3) is 0.706. The van der Waals surface area contributed by atoms with Crippen LogP contribution in [0.1, 0.15) is 64.0 Å². The van der Waals surface area contributed by atoms with E-state index >= 15 is 0 Å². The lowest BCUT2D eigenvalue weighted by atomic mass is 9.90. The molecule has 112 valence electrons. The summed E-state index contributed by atoms with van der Waals surface area (Å²) < 4.78 is 5.83. The highest BCUT2D eigenvalue weighted by atomic mass is 16.5. The first-order chi connectivity index (χ1) is 9.79. The minimum Gasteiger partial charge on any atom is -0.477 e. The predicted octanol–water partition coefficient (Wildman–Crippen LogP) is 4.10. The van der Waals surface area contributed by atoms with Crippen LogP contribution in [-0.2, 0) is 0 Å². The van der Waals surface area contributed by atoms with Crippen LogP contribution in [0.2, 0.25) is 0 Å². The molecule has 3 nitrogen and oxygen atoms in total. The molecule has 0 saturated heterocycles. The van der Waals surface area contributed by atoms with Gasteiger partial charge < -0.3 is 10.1 Å². The lowest BCUT2D eigenvalue weighted by Gasteiger charge is -2.21. The van der Waals surface area contributed by atoms with Crippen molar-refractivity contribution in [3.8, 4) is 5.88 Å². The molecular weight excluding hydrogens is 248 g/mol. The molecule has 1 aliphatic rings. The van der Waals surface area contributed by atoms with Gasteiger partial charge >= 0.3 is 0 Å². The first-order valence-electron chi connectivity index (χ1n) is 8.11. The highest BCUT2D eigenvalue weighted by molar-refractivity contribution is 5.20. The molecule has 1 unspecified atom stereocenters. The van der Waals surface area contributed by atoms with Crippen LogP contribution in [0, 0.1) is 5.92 Å². The minimum absolute atomic E-state index is 0.356. The summed E-state index contributed by atoms with van der Waals surface area (Å²) in [5.74, 6) is 1.50. The number of ether oxygens (including phenoxy) is 1. The molecule has 1 aliphatic carbocycles. The molecule has 0 bridgehead atoms. The molecule has 1 aromatic heterocycles. The molecule has 1 N–H and O–H groups in total. The normalized spacial score (nSPS) is 17.9. The largest absolute Gasteiger partial charge is 0.477 e. The van der Waals surface area contributed by atoms with Gasteiger partial charge in [-0.25, -0.2) is 4.98 Å². The molecule has 1 atom stereocenters. The summed E-state index contributed by atoms with van der Waals surface area (Å²) in [5, 5.41) is 3.47. The molecule has 0 spiro atoms. The zero-order chi connectivity index (χ0) is 14.2. The third-order valence-corrected chi connectivity index (χ3v) is 4.15. The van der Waals surface area contributed by atoms with Crippen LogP contribution in [-0.4, -0.2) is 18.1 Å². The Kier molecular flexibility index (Phi) is 6.31. The van der Waals surface area contributed by atoms with Crippen molar-refractivity contribution in [2.24, 2.45) is 5.92 Å². The van der Waals surface area contributed by atoms with E-state index in [0.29, 0.717) is 6.04 Å². The van der Waals surface area contributed by atoms with Gasteiger partial charge in [0.2, 0.25) is 5.88 Å².